The maximum absolute atomic E-state index is 11.8. The Hall–Kier alpha value is -2.36. The maximum atomic E-state index is 11.8. The second-order valence-corrected chi connectivity index (χ2v) is 4.19. The van der Waals surface area contributed by atoms with E-state index in [9.17, 15) is 4.79 Å². The first-order valence-electron chi connectivity index (χ1n) is 5.70. The third-order valence-electron chi connectivity index (χ3n) is 2.50. The number of hydrogen-bond donors (Lipinski definition) is 2. The molecule has 2 rings (SSSR count). The molecular formula is C14H15N3O. The number of anilines is 2. The standard InChI is InChI=1S/C14H15N3O/c1-10-5-6-16-13(7-10)17-14(18)9-11-3-2-4-12(15)8-11/h2-8H,9,15H2,1H3,(H,16,17,18). The molecule has 1 heterocycles. The number of carbonyl (C=O) groups excluding carboxylic acids is 1. The molecule has 0 aliphatic heterocycles. The van der Waals surface area contributed by atoms with E-state index >= 15 is 0 Å². The molecule has 1 aromatic heterocycles. The van der Waals surface area contributed by atoms with Crippen molar-refractivity contribution in [2.75, 3.05) is 11.1 Å². The van der Waals surface area contributed by atoms with E-state index in [1.54, 1.807) is 18.3 Å². The van der Waals surface area contributed by atoms with Gasteiger partial charge in [-0.1, -0.05) is 12.1 Å². The zero-order valence-electron chi connectivity index (χ0n) is 10.2. The molecular weight excluding hydrogens is 226 g/mol. The van der Waals surface area contributed by atoms with Gasteiger partial charge in [0.05, 0.1) is 6.42 Å². The van der Waals surface area contributed by atoms with Crippen LogP contribution in [0.4, 0.5) is 11.5 Å². The lowest BCUT2D eigenvalue weighted by atomic mass is 10.1. The SMILES string of the molecule is Cc1ccnc(NC(=O)Cc2cccc(N)c2)c1. The highest BCUT2D eigenvalue weighted by atomic mass is 16.1. The summed E-state index contributed by atoms with van der Waals surface area (Å²) < 4.78 is 0. The Labute approximate surface area is 106 Å². The fourth-order valence-electron chi connectivity index (χ4n) is 1.68. The predicted molar refractivity (Wildman–Crippen MR) is 72.2 cm³/mol. The summed E-state index contributed by atoms with van der Waals surface area (Å²) in [5.41, 5.74) is 8.27. The maximum Gasteiger partial charge on any atom is 0.229 e. The van der Waals surface area contributed by atoms with E-state index in [-0.39, 0.29) is 5.91 Å². The smallest absolute Gasteiger partial charge is 0.229 e. The first kappa shape index (κ1) is 12.1. The lowest BCUT2D eigenvalue weighted by Crippen LogP contribution is -2.15. The number of nitrogens with zero attached hydrogens (tertiary/aromatic N) is 1. The van der Waals surface area contributed by atoms with Gasteiger partial charge >= 0.3 is 0 Å². The second-order valence-electron chi connectivity index (χ2n) is 4.19. The van der Waals surface area contributed by atoms with Gasteiger partial charge in [0.25, 0.3) is 0 Å². The summed E-state index contributed by atoms with van der Waals surface area (Å²) >= 11 is 0. The van der Waals surface area contributed by atoms with Crippen LogP contribution in [-0.2, 0) is 11.2 Å². The highest BCUT2D eigenvalue weighted by Crippen LogP contribution is 2.09. The first-order valence-corrected chi connectivity index (χ1v) is 5.70. The Morgan fingerprint density at radius 2 is 2.17 bits per heavy atom. The number of aromatic nitrogens is 1. The van der Waals surface area contributed by atoms with Gasteiger partial charge in [-0.15, -0.1) is 0 Å². The van der Waals surface area contributed by atoms with Crippen LogP contribution in [-0.4, -0.2) is 10.9 Å². The topological polar surface area (TPSA) is 68.0 Å². The first-order chi connectivity index (χ1) is 8.63. The van der Waals surface area contributed by atoms with E-state index in [1.165, 1.54) is 0 Å². The van der Waals surface area contributed by atoms with Crippen molar-refractivity contribution < 1.29 is 4.79 Å². The molecule has 18 heavy (non-hydrogen) atoms. The number of amides is 1. The van der Waals surface area contributed by atoms with Crippen LogP contribution in [0.15, 0.2) is 42.6 Å². The molecule has 2 aromatic rings. The second kappa shape index (κ2) is 5.31. The molecule has 1 amide bonds. The molecule has 0 aliphatic carbocycles. The summed E-state index contributed by atoms with van der Waals surface area (Å²) in [4.78, 5) is 15.9. The minimum Gasteiger partial charge on any atom is -0.399 e. The van der Waals surface area contributed by atoms with Crippen molar-refractivity contribution in [1.82, 2.24) is 4.98 Å². The van der Waals surface area contributed by atoms with Gasteiger partial charge in [-0.05, 0) is 42.3 Å². The third kappa shape index (κ3) is 3.31. The van der Waals surface area contributed by atoms with Crippen molar-refractivity contribution in [2.24, 2.45) is 0 Å². The quantitative estimate of drug-likeness (QED) is 0.809. The van der Waals surface area contributed by atoms with Crippen molar-refractivity contribution in [3.8, 4) is 0 Å². The molecule has 0 radical (unpaired) electrons. The Morgan fingerprint density at radius 1 is 1.33 bits per heavy atom. The largest absolute Gasteiger partial charge is 0.399 e. The van der Waals surface area contributed by atoms with Crippen LogP contribution in [0.5, 0.6) is 0 Å². The summed E-state index contributed by atoms with van der Waals surface area (Å²) in [6.07, 6.45) is 1.96. The van der Waals surface area contributed by atoms with Gasteiger partial charge < -0.3 is 11.1 Å². The zero-order chi connectivity index (χ0) is 13.0. The minimum absolute atomic E-state index is 0.0984. The fourth-order valence-corrected chi connectivity index (χ4v) is 1.68. The molecule has 0 fully saturated rings. The van der Waals surface area contributed by atoms with Crippen LogP contribution in [0.1, 0.15) is 11.1 Å². The van der Waals surface area contributed by atoms with Gasteiger partial charge in [0.15, 0.2) is 0 Å². The fraction of sp³-hybridized carbons (Fsp3) is 0.143. The number of hydrogen-bond acceptors (Lipinski definition) is 3. The Bertz CT molecular complexity index is 517. The van der Waals surface area contributed by atoms with E-state index in [4.69, 9.17) is 5.73 Å². The van der Waals surface area contributed by atoms with Gasteiger partial charge in [0.2, 0.25) is 5.91 Å². The van der Waals surface area contributed by atoms with Gasteiger partial charge in [-0.3, -0.25) is 4.79 Å². The normalized spacial score (nSPS) is 10.1. The molecule has 0 aliphatic rings. The summed E-state index contributed by atoms with van der Waals surface area (Å²) in [5.74, 6) is 0.475. The number of nitrogens with two attached hydrogens (primary N) is 1. The Morgan fingerprint density at radius 3 is 2.89 bits per heavy atom. The van der Waals surface area contributed by atoms with Crippen molar-refractivity contribution >= 4 is 17.4 Å². The number of pyridine rings is 1. The van der Waals surface area contributed by atoms with E-state index in [1.807, 2.05) is 31.2 Å². The molecule has 0 atom stereocenters. The molecule has 4 nitrogen and oxygen atoms in total. The molecule has 0 spiro atoms. The van der Waals surface area contributed by atoms with Crippen LogP contribution in [0, 0.1) is 6.92 Å². The molecule has 3 N–H and O–H groups in total. The van der Waals surface area contributed by atoms with Crippen LogP contribution in [0.2, 0.25) is 0 Å². The van der Waals surface area contributed by atoms with Crippen molar-refractivity contribution in [3.63, 3.8) is 0 Å². The summed E-state index contributed by atoms with van der Waals surface area (Å²) in [7, 11) is 0. The molecule has 0 bridgehead atoms. The number of benzene rings is 1. The number of rotatable bonds is 3. The van der Waals surface area contributed by atoms with Crippen molar-refractivity contribution in [1.29, 1.82) is 0 Å². The van der Waals surface area contributed by atoms with E-state index in [0.717, 1.165) is 11.1 Å². The monoisotopic (exact) mass is 241 g/mol. The summed E-state index contributed by atoms with van der Waals surface area (Å²) in [6, 6.07) is 11.0. The van der Waals surface area contributed by atoms with E-state index < -0.39 is 0 Å². The predicted octanol–water partition coefficient (Wildman–Crippen LogP) is 2.15. The van der Waals surface area contributed by atoms with Gasteiger partial charge in [0.1, 0.15) is 5.82 Å². The average Bonchev–Trinajstić information content (AvgIpc) is 2.28. The van der Waals surface area contributed by atoms with Crippen LogP contribution in [0.25, 0.3) is 0 Å². The van der Waals surface area contributed by atoms with Gasteiger partial charge in [0, 0.05) is 11.9 Å². The van der Waals surface area contributed by atoms with Gasteiger partial charge in [-0.25, -0.2) is 4.98 Å². The van der Waals surface area contributed by atoms with E-state index in [0.29, 0.717) is 17.9 Å². The minimum atomic E-state index is -0.0984. The molecule has 0 saturated heterocycles. The highest BCUT2D eigenvalue weighted by Gasteiger charge is 2.05. The Balaban J connectivity index is 2.01. The third-order valence-corrected chi connectivity index (χ3v) is 2.50. The van der Waals surface area contributed by atoms with Crippen molar-refractivity contribution in [3.05, 3.63) is 53.7 Å². The van der Waals surface area contributed by atoms with Gasteiger partial charge in [-0.2, -0.15) is 0 Å². The molecule has 0 unspecified atom stereocenters. The number of nitrogen functional groups attached to an aromatic ring is 1. The van der Waals surface area contributed by atoms with Crippen LogP contribution in [0.3, 0.4) is 0 Å². The lowest BCUT2D eigenvalue weighted by molar-refractivity contribution is -0.115. The van der Waals surface area contributed by atoms with Crippen LogP contribution >= 0.6 is 0 Å². The average molecular weight is 241 g/mol. The van der Waals surface area contributed by atoms with E-state index in [2.05, 4.69) is 10.3 Å². The zero-order valence-corrected chi connectivity index (χ0v) is 10.2. The number of aryl methyl sites for hydroxylation is 1. The molecule has 0 saturated carbocycles. The highest BCUT2D eigenvalue weighted by molar-refractivity contribution is 5.91. The number of nitrogens with one attached hydrogen (secondary N) is 1. The van der Waals surface area contributed by atoms with Crippen LogP contribution < -0.4 is 11.1 Å². The summed E-state index contributed by atoms with van der Waals surface area (Å²) in [5, 5.41) is 2.76. The van der Waals surface area contributed by atoms with Crippen molar-refractivity contribution in [2.45, 2.75) is 13.3 Å². The molecule has 4 heteroatoms. The summed E-state index contributed by atoms with van der Waals surface area (Å²) in [6.45, 7) is 1.95. The Kier molecular flexibility index (Phi) is 3.57. The lowest BCUT2D eigenvalue weighted by Gasteiger charge is -2.05. The molecule has 1 aromatic carbocycles. The number of carbonyl (C=O) groups is 1. The molecule has 92 valence electrons.